The van der Waals surface area contributed by atoms with Gasteiger partial charge in [-0.25, -0.2) is 0 Å². The van der Waals surface area contributed by atoms with E-state index in [1.807, 2.05) is 0 Å². The van der Waals surface area contributed by atoms with Crippen molar-refractivity contribution in [2.45, 2.75) is 65.6 Å². The number of hydrogen-bond donors (Lipinski definition) is 0. The monoisotopic (exact) mass is 352 g/mol. The molecule has 0 aromatic rings. The summed E-state index contributed by atoms with van der Waals surface area (Å²) >= 11 is 0. The molecular weight excluding hydrogens is 319 g/mol. The van der Waals surface area contributed by atoms with Crippen molar-refractivity contribution < 1.29 is 22.8 Å². The highest BCUT2D eigenvalue weighted by Gasteiger charge is 2.29. The summed E-state index contributed by atoms with van der Waals surface area (Å²) in [6.07, 6.45) is 0.907. The van der Waals surface area contributed by atoms with Gasteiger partial charge < -0.3 is 13.5 Å². The van der Waals surface area contributed by atoms with Crippen LogP contribution in [0.2, 0.25) is 18.1 Å². The Labute approximate surface area is 136 Å². The van der Waals surface area contributed by atoms with Gasteiger partial charge in [0.05, 0.1) is 13.2 Å². The van der Waals surface area contributed by atoms with Crippen molar-refractivity contribution in [1.82, 2.24) is 0 Å². The summed E-state index contributed by atoms with van der Waals surface area (Å²) in [4.78, 5) is 12.0. The molecule has 132 valence electrons. The second-order valence-electron chi connectivity index (χ2n) is 5.34. The van der Waals surface area contributed by atoms with Crippen molar-refractivity contribution in [1.29, 1.82) is 0 Å². The molecule has 0 bridgehead atoms. The van der Waals surface area contributed by atoms with Crippen LogP contribution in [0, 0.1) is 0 Å². The highest BCUT2D eigenvalue weighted by Crippen LogP contribution is 2.48. The Morgan fingerprint density at radius 1 is 0.955 bits per heavy atom. The first-order valence-corrected chi connectivity index (χ1v) is 12.7. The first-order valence-electron chi connectivity index (χ1n) is 8.44. The van der Waals surface area contributed by atoms with E-state index < -0.39 is 15.9 Å². The van der Waals surface area contributed by atoms with Gasteiger partial charge in [0.2, 0.25) is 0 Å². The topological polar surface area (TPSA) is 61.8 Å². The third-order valence-electron chi connectivity index (χ3n) is 3.96. The van der Waals surface area contributed by atoms with Crippen molar-refractivity contribution in [2.75, 3.05) is 26.0 Å². The zero-order chi connectivity index (χ0) is 17.1. The fourth-order valence-electron chi connectivity index (χ4n) is 2.43. The second-order valence-corrected chi connectivity index (χ2v) is 12.2. The van der Waals surface area contributed by atoms with E-state index in [1.54, 1.807) is 13.8 Å². The summed E-state index contributed by atoms with van der Waals surface area (Å²) in [5.41, 5.74) is 0. The molecule has 0 aliphatic rings. The van der Waals surface area contributed by atoms with Crippen LogP contribution in [-0.2, 0) is 22.8 Å². The molecule has 0 rings (SSSR count). The standard InChI is InChI=1S/C15H33O5PSi/c1-6-18-21(17,19-7-2)14-15(16)12-11-13-20-22(8-3,9-4)10-5/h6-14H2,1-5H3. The summed E-state index contributed by atoms with van der Waals surface area (Å²) in [7, 11) is -4.83. The van der Waals surface area contributed by atoms with Gasteiger partial charge in [0.25, 0.3) is 0 Å². The van der Waals surface area contributed by atoms with Crippen LogP contribution in [0.15, 0.2) is 0 Å². The molecule has 0 fully saturated rings. The maximum atomic E-state index is 12.3. The highest BCUT2D eigenvalue weighted by atomic mass is 31.2. The lowest BCUT2D eigenvalue weighted by Gasteiger charge is -2.27. The van der Waals surface area contributed by atoms with E-state index in [1.165, 1.54) is 0 Å². The maximum absolute atomic E-state index is 12.3. The van der Waals surface area contributed by atoms with Crippen LogP contribution in [0.5, 0.6) is 0 Å². The molecule has 0 aromatic heterocycles. The molecule has 0 heterocycles. The Kier molecular flexibility index (Phi) is 11.5. The van der Waals surface area contributed by atoms with Crippen molar-refractivity contribution in [3.63, 3.8) is 0 Å². The van der Waals surface area contributed by atoms with Gasteiger partial charge in [0, 0.05) is 13.0 Å². The molecule has 22 heavy (non-hydrogen) atoms. The molecule has 7 heteroatoms. The third kappa shape index (κ3) is 8.02. The molecule has 0 saturated heterocycles. The summed E-state index contributed by atoms with van der Waals surface area (Å²) in [5.74, 6) is -0.0782. The van der Waals surface area contributed by atoms with E-state index in [0.29, 0.717) is 19.4 Å². The normalized spacial score (nSPS) is 12.6. The Hall–Kier alpha value is -0.00312. The lowest BCUT2D eigenvalue weighted by Crippen LogP contribution is -2.36. The third-order valence-corrected chi connectivity index (χ3v) is 10.7. The molecule has 0 amide bonds. The van der Waals surface area contributed by atoms with Crippen molar-refractivity contribution >= 4 is 21.7 Å². The fraction of sp³-hybridized carbons (Fsp3) is 0.933. The minimum Gasteiger partial charge on any atom is -0.417 e. The van der Waals surface area contributed by atoms with E-state index >= 15 is 0 Å². The van der Waals surface area contributed by atoms with Crippen molar-refractivity contribution in [2.24, 2.45) is 0 Å². The first-order chi connectivity index (χ1) is 10.4. The van der Waals surface area contributed by atoms with E-state index in [9.17, 15) is 9.36 Å². The van der Waals surface area contributed by atoms with Crippen LogP contribution in [0.3, 0.4) is 0 Å². The average molecular weight is 352 g/mol. The maximum Gasteiger partial charge on any atom is 0.338 e. The molecule has 0 saturated carbocycles. The molecule has 0 unspecified atom stereocenters. The average Bonchev–Trinajstić information content (AvgIpc) is 2.48. The van der Waals surface area contributed by atoms with Gasteiger partial charge in [-0.05, 0) is 38.4 Å². The number of Topliss-reactive ketones (excluding diaryl/α,β-unsaturated/α-hetero) is 1. The van der Waals surface area contributed by atoms with Gasteiger partial charge in [-0.3, -0.25) is 9.36 Å². The summed E-state index contributed by atoms with van der Waals surface area (Å²) in [6, 6.07) is 3.33. The fourth-order valence-corrected chi connectivity index (χ4v) is 6.75. The van der Waals surface area contributed by atoms with Gasteiger partial charge in [-0.15, -0.1) is 0 Å². The predicted molar refractivity (Wildman–Crippen MR) is 93.1 cm³/mol. The van der Waals surface area contributed by atoms with E-state index in [2.05, 4.69) is 20.8 Å². The predicted octanol–water partition coefficient (Wildman–Crippen LogP) is 4.62. The van der Waals surface area contributed by atoms with Gasteiger partial charge in [-0.1, -0.05) is 20.8 Å². The smallest absolute Gasteiger partial charge is 0.338 e. The summed E-state index contributed by atoms with van der Waals surface area (Å²) in [5, 5.41) is 0. The largest absolute Gasteiger partial charge is 0.417 e. The number of hydrogen-bond acceptors (Lipinski definition) is 5. The van der Waals surface area contributed by atoms with Gasteiger partial charge in [0.1, 0.15) is 11.9 Å². The highest BCUT2D eigenvalue weighted by molar-refractivity contribution is 7.54. The number of carbonyl (C=O) groups excluding carboxylic acids is 1. The van der Waals surface area contributed by atoms with E-state index in [0.717, 1.165) is 18.1 Å². The lowest BCUT2D eigenvalue weighted by molar-refractivity contribution is -0.117. The summed E-state index contributed by atoms with van der Waals surface area (Å²) in [6.45, 7) is 11.2. The minimum absolute atomic E-state index is 0.0782. The number of carbonyl (C=O) groups is 1. The molecule has 0 aromatic carbocycles. The SMILES string of the molecule is CCOP(=O)(CC(=O)CCCO[Si](CC)(CC)CC)OCC. The second kappa shape index (κ2) is 11.5. The molecule has 5 nitrogen and oxygen atoms in total. The lowest BCUT2D eigenvalue weighted by atomic mass is 10.2. The van der Waals surface area contributed by atoms with Crippen LogP contribution >= 0.6 is 7.60 Å². The van der Waals surface area contributed by atoms with Gasteiger partial charge >= 0.3 is 7.60 Å². The van der Waals surface area contributed by atoms with Gasteiger partial charge in [-0.2, -0.15) is 0 Å². The van der Waals surface area contributed by atoms with Crippen LogP contribution in [-0.4, -0.2) is 40.1 Å². The zero-order valence-electron chi connectivity index (χ0n) is 14.9. The van der Waals surface area contributed by atoms with Crippen molar-refractivity contribution in [3.8, 4) is 0 Å². The van der Waals surface area contributed by atoms with Crippen LogP contribution in [0.1, 0.15) is 47.5 Å². The Bertz CT molecular complexity index is 340. The Balaban J connectivity index is 4.21. The zero-order valence-corrected chi connectivity index (χ0v) is 16.7. The molecule has 0 radical (unpaired) electrons. The molecule has 0 atom stereocenters. The van der Waals surface area contributed by atoms with E-state index in [-0.39, 0.29) is 25.2 Å². The number of rotatable bonds is 14. The molecule has 0 spiro atoms. The Morgan fingerprint density at radius 3 is 1.86 bits per heavy atom. The molecule has 0 aliphatic carbocycles. The molecule has 0 aliphatic heterocycles. The summed E-state index contributed by atoms with van der Waals surface area (Å²) < 4.78 is 28.7. The van der Waals surface area contributed by atoms with Crippen LogP contribution in [0.25, 0.3) is 0 Å². The minimum atomic E-state index is -3.26. The number of ketones is 1. The van der Waals surface area contributed by atoms with Gasteiger partial charge in [0.15, 0.2) is 8.32 Å². The Morgan fingerprint density at radius 2 is 1.45 bits per heavy atom. The quantitative estimate of drug-likeness (QED) is 0.259. The van der Waals surface area contributed by atoms with Crippen molar-refractivity contribution in [3.05, 3.63) is 0 Å². The van der Waals surface area contributed by atoms with Crippen LogP contribution in [0.4, 0.5) is 0 Å². The van der Waals surface area contributed by atoms with E-state index in [4.69, 9.17) is 13.5 Å². The van der Waals surface area contributed by atoms with Crippen LogP contribution < -0.4 is 0 Å². The molecule has 0 N–H and O–H groups in total. The first kappa shape index (κ1) is 22.0. The molecular formula is C15H33O5PSi.